The van der Waals surface area contributed by atoms with Gasteiger partial charge in [-0.15, -0.1) is 5.10 Å². The first-order valence-corrected chi connectivity index (χ1v) is 5.33. The Bertz CT molecular complexity index is 349. The van der Waals surface area contributed by atoms with Gasteiger partial charge >= 0.3 is 5.97 Å². The number of carbonyl (C=O) groups is 1. The lowest BCUT2D eigenvalue weighted by Gasteiger charge is -2.00. The van der Waals surface area contributed by atoms with Gasteiger partial charge in [-0.05, 0) is 13.3 Å². The minimum Gasteiger partial charge on any atom is -0.460 e. The van der Waals surface area contributed by atoms with Gasteiger partial charge in [0.15, 0.2) is 5.82 Å². The summed E-state index contributed by atoms with van der Waals surface area (Å²) in [6, 6.07) is 0. The summed E-state index contributed by atoms with van der Waals surface area (Å²) in [5.41, 5.74) is 0. The van der Waals surface area contributed by atoms with Crippen molar-refractivity contribution in [1.82, 2.24) is 14.8 Å². The van der Waals surface area contributed by atoms with E-state index in [4.69, 9.17) is 9.47 Å². The number of nitrogens with zero attached hydrogens (tertiary/aromatic N) is 3. The molecule has 0 N–H and O–H groups in total. The first-order valence-electron chi connectivity index (χ1n) is 5.33. The molecule has 90 valence electrons. The summed E-state index contributed by atoms with van der Waals surface area (Å²) in [6.45, 7) is 5.12. The molecule has 1 aromatic rings. The highest BCUT2D eigenvalue weighted by atomic mass is 16.5. The van der Waals surface area contributed by atoms with Crippen LogP contribution in [0.4, 0.5) is 0 Å². The second kappa shape index (κ2) is 6.22. The lowest BCUT2D eigenvalue weighted by atomic mass is 10.5. The van der Waals surface area contributed by atoms with E-state index in [1.807, 2.05) is 6.92 Å². The van der Waals surface area contributed by atoms with Crippen LogP contribution in [0.2, 0.25) is 0 Å². The van der Waals surface area contributed by atoms with Gasteiger partial charge in [-0.1, -0.05) is 6.92 Å². The predicted molar refractivity (Wildman–Crippen MR) is 56.9 cm³/mol. The topological polar surface area (TPSA) is 66.2 Å². The third kappa shape index (κ3) is 3.30. The molecule has 6 nitrogen and oxygen atoms in total. The smallest absolute Gasteiger partial charge is 0.378 e. The van der Waals surface area contributed by atoms with Crippen LogP contribution in [0.1, 0.15) is 36.7 Å². The highest BCUT2D eigenvalue weighted by Gasteiger charge is 2.15. The molecule has 0 atom stereocenters. The maximum absolute atomic E-state index is 11.3. The number of carbonyl (C=O) groups excluding carboxylic acids is 1. The van der Waals surface area contributed by atoms with Crippen molar-refractivity contribution in [3.8, 4) is 0 Å². The molecular formula is C10H17N3O3. The fraction of sp³-hybridized carbons (Fsp3) is 0.700. The average Bonchev–Trinajstić information content (AvgIpc) is 2.61. The zero-order valence-corrected chi connectivity index (χ0v) is 9.89. The number of esters is 1. The van der Waals surface area contributed by atoms with E-state index < -0.39 is 5.97 Å². The molecule has 6 heteroatoms. The monoisotopic (exact) mass is 227 g/mol. The van der Waals surface area contributed by atoms with Crippen LogP contribution in [0.25, 0.3) is 0 Å². The molecule has 0 saturated heterocycles. The zero-order chi connectivity index (χ0) is 12.0. The van der Waals surface area contributed by atoms with Crippen molar-refractivity contribution in [1.29, 1.82) is 0 Å². The summed E-state index contributed by atoms with van der Waals surface area (Å²) >= 11 is 0. The summed E-state index contributed by atoms with van der Waals surface area (Å²) in [7, 11) is 1.72. The number of rotatable bonds is 6. The lowest BCUT2D eigenvalue weighted by molar-refractivity contribution is 0.0511. The van der Waals surface area contributed by atoms with Crippen LogP contribution in [0.3, 0.4) is 0 Å². The molecule has 0 aliphatic carbocycles. The molecule has 0 saturated carbocycles. The summed E-state index contributed by atoms with van der Waals surface area (Å²) in [6.07, 6.45) is 0.947. The highest BCUT2D eigenvalue weighted by Crippen LogP contribution is 2.01. The maximum Gasteiger partial charge on any atom is 0.378 e. The molecule has 0 fully saturated rings. The van der Waals surface area contributed by atoms with Gasteiger partial charge in [0.2, 0.25) is 0 Å². The Morgan fingerprint density at radius 1 is 1.44 bits per heavy atom. The quantitative estimate of drug-likeness (QED) is 0.534. The third-order valence-electron chi connectivity index (χ3n) is 1.89. The van der Waals surface area contributed by atoms with Crippen LogP contribution in [0.15, 0.2) is 0 Å². The first kappa shape index (κ1) is 12.6. The molecule has 1 heterocycles. The Morgan fingerprint density at radius 3 is 2.81 bits per heavy atom. The van der Waals surface area contributed by atoms with E-state index in [2.05, 4.69) is 10.1 Å². The fourth-order valence-electron chi connectivity index (χ4n) is 1.13. The number of aryl methyl sites for hydroxylation is 1. The van der Waals surface area contributed by atoms with Crippen LogP contribution in [0.5, 0.6) is 0 Å². The SMILES string of the molecule is CCCOCc1nc(C(=O)OCC)nn1C. The maximum atomic E-state index is 11.3. The molecule has 0 unspecified atom stereocenters. The minimum atomic E-state index is -0.500. The van der Waals surface area contributed by atoms with Crippen molar-refractivity contribution in [3.63, 3.8) is 0 Å². The van der Waals surface area contributed by atoms with Gasteiger partial charge in [0.25, 0.3) is 5.82 Å². The summed E-state index contributed by atoms with van der Waals surface area (Å²) in [5, 5.41) is 3.96. The van der Waals surface area contributed by atoms with Crippen LogP contribution < -0.4 is 0 Å². The van der Waals surface area contributed by atoms with Crippen molar-refractivity contribution in [2.24, 2.45) is 7.05 Å². The zero-order valence-electron chi connectivity index (χ0n) is 9.89. The molecule has 0 aliphatic rings. The van der Waals surface area contributed by atoms with Gasteiger partial charge in [-0.25, -0.2) is 9.78 Å². The summed E-state index contributed by atoms with van der Waals surface area (Å²) in [5.74, 6) is 0.204. The van der Waals surface area contributed by atoms with Crippen molar-refractivity contribution in [2.45, 2.75) is 26.9 Å². The Hall–Kier alpha value is -1.43. The Labute approximate surface area is 94.6 Å². The van der Waals surface area contributed by atoms with E-state index in [0.29, 0.717) is 25.6 Å². The Kier molecular flexibility index (Phi) is 4.91. The number of aromatic nitrogens is 3. The normalized spacial score (nSPS) is 10.4. The van der Waals surface area contributed by atoms with E-state index in [1.165, 1.54) is 4.68 Å². The largest absolute Gasteiger partial charge is 0.460 e. The first-order chi connectivity index (χ1) is 7.69. The van der Waals surface area contributed by atoms with Gasteiger partial charge in [-0.3, -0.25) is 4.68 Å². The second-order valence-electron chi connectivity index (χ2n) is 3.25. The van der Waals surface area contributed by atoms with Crippen LogP contribution in [-0.4, -0.2) is 33.9 Å². The van der Waals surface area contributed by atoms with E-state index >= 15 is 0 Å². The third-order valence-corrected chi connectivity index (χ3v) is 1.89. The van der Waals surface area contributed by atoms with E-state index in [-0.39, 0.29) is 5.82 Å². The molecule has 0 aliphatic heterocycles. The van der Waals surface area contributed by atoms with Crippen molar-refractivity contribution in [2.75, 3.05) is 13.2 Å². The molecular weight excluding hydrogens is 210 g/mol. The number of ether oxygens (including phenoxy) is 2. The van der Waals surface area contributed by atoms with Crippen LogP contribution >= 0.6 is 0 Å². The molecule has 0 amide bonds. The van der Waals surface area contributed by atoms with E-state index in [0.717, 1.165) is 6.42 Å². The molecule has 1 rings (SSSR count). The van der Waals surface area contributed by atoms with Crippen molar-refractivity contribution < 1.29 is 14.3 Å². The molecule has 0 bridgehead atoms. The molecule has 0 spiro atoms. The van der Waals surface area contributed by atoms with Gasteiger partial charge in [0, 0.05) is 13.7 Å². The second-order valence-corrected chi connectivity index (χ2v) is 3.25. The van der Waals surface area contributed by atoms with Gasteiger partial charge in [0.05, 0.1) is 6.61 Å². The van der Waals surface area contributed by atoms with Crippen molar-refractivity contribution >= 4 is 5.97 Å². The van der Waals surface area contributed by atoms with Crippen molar-refractivity contribution in [3.05, 3.63) is 11.6 Å². The number of hydrogen-bond acceptors (Lipinski definition) is 5. The summed E-state index contributed by atoms with van der Waals surface area (Å²) in [4.78, 5) is 15.4. The predicted octanol–water partition coefficient (Wildman–Crippen LogP) is 0.918. The van der Waals surface area contributed by atoms with Gasteiger partial charge in [-0.2, -0.15) is 0 Å². The standard InChI is InChI=1S/C10H17N3O3/c1-4-6-15-7-8-11-9(12-13(8)3)10(14)16-5-2/h4-7H2,1-3H3. The van der Waals surface area contributed by atoms with E-state index in [1.54, 1.807) is 14.0 Å². The Morgan fingerprint density at radius 2 is 2.19 bits per heavy atom. The van der Waals surface area contributed by atoms with Crippen LogP contribution in [-0.2, 0) is 23.1 Å². The lowest BCUT2D eigenvalue weighted by Crippen LogP contribution is -2.07. The fourth-order valence-corrected chi connectivity index (χ4v) is 1.13. The highest BCUT2D eigenvalue weighted by molar-refractivity contribution is 5.84. The average molecular weight is 227 g/mol. The minimum absolute atomic E-state index is 0.0828. The molecule has 16 heavy (non-hydrogen) atoms. The van der Waals surface area contributed by atoms with Gasteiger partial charge in [0.1, 0.15) is 6.61 Å². The molecule has 1 aromatic heterocycles. The number of hydrogen-bond donors (Lipinski definition) is 0. The van der Waals surface area contributed by atoms with Gasteiger partial charge < -0.3 is 9.47 Å². The Balaban J connectivity index is 2.62. The molecule has 0 radical (unpaired) electrons. The van der Waals surface area contributed by atoms with E-state index in [9.17, 15) is 4.79 Å². The summed E-state index contributed by atoms with van der Waals surface area (Å²) < 4.78 is 11.7. The molecule has 0 aromatic carbocycles. The van der Waals surface area contributed by atoms with Crippen LogP contribution in [0, 0.1) is 0 Å².